The summed E-state index contributed by atoms with van der Waals surface area (Å²) in [5.41, 5.74) is 0.597. The van der Waals surface area contributed by atoms with Crippen LogP contribution in [0.1, 0.15) is 17.5 Å². The van der Waals surface area contributed by atoms with Gasteiger partial charge in [-0.2, -0.15) is 8.78 Å². The summed E-state index contributed by atoms with van der Waals surface area (Å²) in [5.74, 6) is -1.08. The van der Waals surface area contributed by atoms with Gasteiger partial charge in [0.1, 0.15) is 0 Å². The van der Waals surface area contributed by atoms with Crippen molar-refractivity contribution in [2.45, 2.75) is 22.7 Å². The van der Waals surface area contributed by atoms with E-state index in [2.05, 4.69) is 11.6 Å². The molecule has 0 bridgehead atoms. The molecule has 3 nitrogen and oxygen atoms in total. The number of rotatable bonds is 3. The minimum atomic E-state index is -4.38. The minimum Gasteiger partial charge on any atom is -0.494 e. The van der Waals surface area contributed by atoms with Gasteiger partial charge in [0.15, 0.2) is 0 Å². The van der Waals surface area contributed by atoms with Gasteiger partial charge < -0.3 is 10.2 Å². The Balaban J connectivity index is 2.43. The van der Waals surface area contributed by atoms with Crippen LogP contribution in [0.3, 0.4) is 0 Å². The molecule has 0 saturated carbocycles. The summed E-state index contributed by atoms with van der Waals surface area (Å²) in [6.45, 7) is 0. The average Bonchev–Trinajstić information content (AvgIpc) is 2.54. The van der Waals surface area contributed by atoms with Crippen LogP contribution in [0, 0.1) is 0 Å². The fourth-order valence-corrected chi connectivity index (χ4v) is 2.72. The highest BCUT2D eigenvalue weighted by Gasteiger charge is 2.55. The first-order chi connectivity index (χ1) is 8.65. The van der Waals surface area contributed by atoms with Crippen LogP contribution in [-0.2, 0) is 6.42 Å². The third kappa shape index (κ3) is 2.51. The number of nitrogens with zero attached hydrogens (tertiary/aromatic N) is 1. The molecule has 1 unspecified atom stereocenters. The number of fused-ring (bicyclic) bond motifs is 1. The molecule has 19 heavy (non-hydrogen) atoms. The van der Waals surface area contributed by atoms with Crippen LogP contribution >= 0.6 is 35.1 Å². The largest absolute Gasteiger partial charge is 0.494 e. The second-order valence-electron chi connectivity index (χ2n) is 3.88. The first kappa shape index (κ1) is 14.7. The van der Waals surface area contributed by atoms with E-state index < -0.39 is 21.6 Å². The zero-order chi connectivity index (χ0) is 14.4. The SMILES string of the molecule is Oc1c2c(c(O)n1SC(F)(Cl)C(F)(F)Cl)CCC=C2. The Morgan fingerprint density at radius 2 is 1.84 bits per heavy atom. The predicted molar refractivity (Wildman–Crippen MR) is 68.6 cm³/mol. The number of alkyl halides is 5. The molecule has 1 aromatic heterocycles. The molecule has 0 spiro atoms. The number of aromatic hydroxyl groups is 2. The lowest BCUT2D eigenvalue weighted by Gasteiger charge is -2.22. The highest BCUT2D eigenvalue weighted by molar-refractivity contribution is 8.00. The van der Waals surface area contributed by atoms with Gasteiger partial charge in [0.05, 0.1) is 0 Å². The Bertz CT molecular complexity index is 540. The molecule has 0 aliphatic heterocycles. The molecule has 1 atom stereocenters. The van der Waals surface area contributed by atoms with Crippen LogP contribution in [0.15, 0.2) is 6.08 Å². The second kappa shape index (κ2) is 4.71. The zero-order valence-corrected chi connectivity index (χ0v) is 11.5. The topological polar surface area (TPSA) is 45.4 Å². The Hall–Kier alpha value is -0.660. The van der Waals surface area contributed by atoms with Crippen LogP contribution in [0.2, 0.25) is 0 Å². The summed E-state index contributed by atoms with van der Waals surface area (Å²) in [4.78, 5) is 0. The van der Waals surface area contributed by atoms with E-state index in [-0.39, 0.29) is 17.5 Å². The Morgan fingerprint density at radius 3 is 2.37 bits per heavy atom. The van der Waals surface area contributed by atoms with E-state index in [0.717, 1.165) is 0 Å². The van der Waals surface area contributed by atoms with E-state index in [9.17, 15) is 23.4 Å². The van der Waals surface area contributed by atoms with Gasteiger partial charge in [-0.25, -0.2) is 8.36 Å². The van der Waals surface area contributed by atoms with Gasteiger partial charge in [-0.1, -0.05) is 23.8 Å². The first-order valence-electron chi connectivity index (χ1n) is 5.11. The van der Waals surface area contributed by atoms with Crippen LogP contribution in [0.5, 0.6) is 11.8 Å². The summed E-state index contributed by atoms with van der Waals surface area (Å²) in [7, 11) is 0. The second-order valence-corrected chi connectivity index (χ2v) is 6.21. The van der Waals surface area contributed by atoms with Crippen LogP contribution in [-0.4, -0.2) is 24.0 Å². The molecule has 2 N–H and O–H groups in total. The van der Waals surface area contributed by atoms with Gasteiger partial charge in [-0.05, 0) is 24.4 Å². The predicted octanol–water partition coefficient (Wildman–Crippen LogP) is 4.05. The van der Waals surface area contributed by atoms with Crippen molar-refractivity contribution in [3.05, 3.63) is 17.2 Å². The molecule has 0 aromatic carbocycles. The fraction of sp³-hybridized carbons (Fsp3) is 0.400. The van der Waals surface area contributed by atoms with Crippen LogP contribution in [0.25, 0.3) is 6.08 Å². The molecule has 1 heterocycles. The monoisotopic (exact) mass is 333 g/mol. The lowest BCUT2D eigenvalue weighted by atomic mass is 10.0. The molecular formula is C10H8Cl2F3NO2S. The number of allylic oxidation sites excluding steroid dienone is 1. The lowest BCUT2D eigenvalue weighted by Crippen LogP contribution is -2.31. The van der Waals surface area contributed by atoms with E-state index in [0.29, 0.717) is 22.4 Å². The van der Waals surface area contributed by atoms with Crippen molar-refractivity contribution in [1.29, 1.82) is 0 Å². The highest BCUT2D eigenvalue weighted by atomic mass is 35.5. The quantitative estimate of drug-likeness (QED) is 0.820. The number of hydrogen-bond donors (Lipinski definition) is 2. The molecule has 2 rings (SSSR count). The molecule has 0 amide bonds. The average molecular weight is 334 g/mol. The summed E-state index contributed by atoms with van der Waals surface area (Å²) in [6.07, 6.45) is 4.26. The van der Waals surface area contributed by atoms with Crippen molar-refractivity contribution >= 4 is 41.2 Å². The van der Waals surface area contributed by atoms with Crippen molar-refractivity contribution in [1.82, 2.24) is 3.97 Å². The maximum atomic E-state index is 13.6. The molecule has 1 aromatic rings. The Morgan fingerprint density at radius 1 is 1.21 bits per heavy atom. The van der Waals surface area contributed by atoms with E-state index in [1.54, 1.807) is 6.08 Å². The maximum absolute atomic E-state index is 13.6. The molecule has 0 fully saturated rings. The van der Waals surface area contributed by atoms with Crippen molar-refractivity contribution in [3.63, 3.8) is 0 Å². The molecule has 106 valence electrons. The fourth-order valence-electron chi connectivity index (χ4n) is 1.69. The van der Waals surface area contributed by atoms with Gasteiger partial charge in [-0.15, -0.1) is 0 Å². The van der Waals surface area contributed by atoms with Crippen LogP contribution in [0.4, 0.5) is 13.2 Å². The number of hydrogen-bond acceptors (Lipinski definition) is 3. The molecule has 0 saturated heterocycles. The number of aromatic nitrogens is 1. The minimum absolute atomic E-state index is 0.251. The summed E-state index contributed by atoms with van der Waals surface area (Å²) >= 11 is 9.26. The van der Waals surface area contributed by atoms with E-state index in [1.807, 2.05) is 0 Å². The van der Waals surface area contributed by atoms with Crippen molar-refractivity contribution < 1.29 is 23.4 Å². The molecular weight excluding hydrogens is 326 g/mol. The molecule has 1 aliphatic rings. The maximum Gasteiger partial charge on any atom is 0.380 e. The number of halogens is 5. The van der Waals surface area contributed by atoms with Crippen molar-refractivity contribution in [2.24, 2.45) is 0 Å². The Labute approximate surface area is 120 Å². The van der Waals surface area contributed by atoms with E-state index >= 15 is 0 Å². The third-order valence-electron chi connectivity index (χ3n) is 2.60. The van der Waals surface area contributed by atoms with Crippen molar-refractivity contribution in [2.75, 3.05) is 0 Å². The lowest BCUT2D eigenvalue weighted by molar-refractivity contribution is 0.0277. The van der Waals surface area contributed by atoms with Crippen LogP contribution < -0.4 is 0 Å². The van der Waals surface area contributed by atoms with Gasteiger partial charge in [-0.3, -0.25) is 0 Å². The molecule has 0 radical (unpaired) electrons. The summed E-state index contributed by atoms with van der Waals surface area (Å²) in [6, 6.07) is 0. The van der Waals surface area contributed by atoms with Gasteiger partial charge in [0.25, 0.3) is 0 Å². The highest BCUT2D eigenvalue weighted by Crippen LogP contribution is 2.52. The molecule has 9 heteroatoms. The molecule has 1 aliphatic carbocycles. The standard InChI is InChI=1S/C10H8Cl2F3NO2S/c11-9(13,14)10(12,15)19-16-7(17)5-3-1-2-4-6(5)8(16)18/h1,3,17-18H,2,4H2. The van der Waals surface area contributed by atoms with Gasteiger partial charge in [0.2, 0.25) is 11.8 Å². The van der Waals surface area contributed by atoms with Gasteiger partial charge >= 0.3 is 9.84 Å². The van der Waals surface area contributed by atoms with Gasteiger partial charge in [0, 0.05) is 23.1 Å². The van der Waals surface area contributed by atoms with E-state index in [4.69, 9.17) is 11.6 Å². The normalized spacial score (nSPS) is 18.2. The van der Waals surface area contributed by atoms with Crippen molar-refractivity contribution in [3.8, 4) is 11.8 Å². The van der Waals surface area contributed by atoms with E-state index in [1.165, 1.54) is 6.08 Å². The first-order valence-corrected chi connectivity index (χ1v) is 6.64. The third-order valence-corrected chi connectivity index (χ3v) is 4.53. The Kier molecular flexibility index (Phi) is 3.66. The zero-order valence-electron chi connectivity index (χ0n) is 9.21. The smallest absolute Gasteiger partial charge is 0.380 e. The summed E-state index contributed by atoms with van der Waals surface area (Å²) < 4.78 is 35.9. The summed E-state index contributed by atoms with van der Waals surface area (Å²) in [5, 5.41) is 15.2.